The summed E-state index contributed by atoms with van der Waals surface area (Å²) in [7, 11) is 0. The highest BCUT2D eigenvalue weighted by Crippen LogP contribution is 2.19. The van der Waals surface area contributed by atoms with E-state index in [9.17, 15) is 4.79 Å². The van der Waals surface area contributed by atoms with E-state index in [2.05, 4.69) is 30.4 Å². The number of likely N-dealkylation sites (tertiary alicyclic amines) is 1. The predicted octanol–water partition coefficient (Wildman–Crippen LogP) is 1.05. The van der Waals surface area contributed by atoms with Crippen LogP contribution < -0.4 is 10.1 Å². The Balaban J connectivity index is 1.50. The molecule has 0 radical (unpaired) electrons. The number of hydrogen-bond acceptors (Lipinski definition) is 6. The molecule has 0 bridgehead atoms. The lowest BCUT2D eigenvalue weighted by Crippen LogP contribution is -2.25. The van der Waals surface area contributed by atoms with Gasteiger partial charge in [-0.3, -0.25) is 19.8 Å². The lowest BCUT2D eigenvalue weighted by molar-refractivity contribution is -0.119. The molecule has 8 heteroatoms. The molecule has 1 saturated heterocycles. The maximum absolute atomic E-state index is 11.0. The maximum Gasteiger partial charge on any atom is 0.217 e. The Morgan fingerprint density at radius 2 is 2.40 bits per heavy atom. The van der Waals surface area contributed by atoms with E-state index in [1.807, 2.05) is 19.1 Å². The molecule has 8 nitrogen and oxygen atoms in total. The highest BCUT2D eigenvalue weighted by Gasteiger charge is 2.25. The first-order valence-corrected chi connectivity index (χ1v) is 8.61. The van der Waals surface area contributed by atoms with Crippen molar-refractivity contribution in [3.63, 3.8) is 0 Å². The zero-order chi connectivity index (χ0) is 17.6. The molecule has 1 fully saturated rings. The topological polar surface area (TPSA) is 96.0 Å². The summed E-state index contributed by atoms with van der Waals surface area (Å²) in [4.78, 5) is 22.0. The molecule has 1 amide bonds. The van der Waals surface area contributed by atoms with E-state index in [1.54, 1.807) is 6.20 Å². The second kappa shape index (κ2) is 8.06. The number of amides is 1. The summed E-state index contributed by atoms with van der Waals surface area (Å²) in [5.74, 6) is 2.47. The number of hydrogen-bond donors (Lipinski definition) is 2. The molecule has 3 heterocycles. The van der Waals surface area contributed by atoms with Crippen molar-refractivity contribution in [2.45, 2.75) is 45.9 Å². The maximum atomic E-state index is 11.0. The Hall–Kier alpha value is -2.48. The van der Waals surface area contributed by atoms with E-state index in [1.165, 1.54) is 6.92 Å². The summed E-state index contributed by atoms with van der Waals surface area (Å²) in [6.07, 6.45) is 3.66. The lowest BCUT2D eigenvalue weighted by Gasteiger charge is -2.16. The standard InChI is InChI=1S/C17H24N6O2/c1-3-16-20-17(22-21-16)11-23-7-5-15(10-23)25-14-4-6-18-13(8-14)9-19-12(2)24/h4,6,8,15H,3,5,7,9-11H2,1-2H3,(H,19,24)(H,20,21,22). The summed E-state index contributed by atoms with van der Waals surface area (Å²) in [6.45, 7) is 6.53. The van der Waals surface area contributed by atoms with E-state index in [-0.39, 0.29) is 12.0 Å². The monoisotopic (exact) mass is 344 g/mol. The van der Waals surface area contributed by atoms with Crippen LogP contribution in [-0.4, -0.2) is 50.2 Å². The van der Waals surface area contributed by atoms with Gasteiger partial charge in [-0.15, -0.1) is 0 Å². The quantitative estimate of drug-likeness (QED) is 0.779. The van der Waals surface area contributed by atoms with Crippen LogP contribution in [0.1, 0.15) is 37.6 Å². The van der Waals surface area contributed by atoms with E-state index < -0.39 is 0 Å². The van der Waals surface area contributed by atoms with Crippen LogP contribution in [0.4, 0.5) is 0 Å². The number of ether oxygens (including phenoxy) is 1. The fourth-order valence-corrected chi connectivity index (χ4v) is 2.85. The van der Waals surface area contributed by atoms with Crippen LogP contribution in [0.15, 0.2) is 18.3 Å². The van der Waals surface area contributed by atoms with E-state index >= 15 is 0 Å². The first-order chi connectivity index (χ1) is 12.1. The van der Waals surface area contributed by atoms with Gasteiger partial charge < -0.3 is 10.1 Å². The van der Waals surface area contributed by atoms with Crippen LogP contribution in [0.25, 0.3) is 0 Å². The number of aromatic amines is 1. The number of carbonyl (C=O) groups excluding carboxylic acids is 1. The van der Waals surface area contributed by atoms with Gasteiger partial charge in [0.1, 0.15) is 23.5 Å². The Bertz CT molecular complexity index is 717. The number of carbonyl (C=O) groups is 1. The highest BCUT2D eigenvalue weighted by molar-refractivity contribution is 5.72. The van der Waals surface area contributed by atoms with Crippen LogP contribution in [0.2, 0.25) is 0 Å². The zero-order valence-electron chi connectivity index (χ0n) is 14.7. The molecular formula is C17H24N6O2. The average molecular weight is 344 g/mol. The molecule has 2 aromatic rings. The van der Waals surface area contributed by atoms with Gasteiger partial charge in [0.15, 0.2) is 0 Å². The zero-order valence-corrected chi connectivity index (χ0v) is 14.7. The molecule has 1 unspecified atom stereocenters. The third-order valence-corrected chi connectivity index (χ3v) is 4.11. The molecule has 0 spiro atoms. The van der Waals surface area contributed by atoms with Gasteiger partial charge >= 0.3 is 0 Å². The first-order valence-electron chi connectivity index (χ1n) is 8.61. The van der Waals surface area contributed by atoms with Gasteiger partial charge in [-0.2, -0.15) is 5.10 Å². The second-order valence-corrected chi connectivity index (χ2v) is 6.21. The van der Waals surface area contributed by atoms with Crippen molar-refractivity contribution in [2.24, 2.45) is 0 Å². The molecule has 2 aromatic heterocycles. The van der Waals surface area contributed by atoms with Crippen molar-refractivity contribution < 1.29 is 9.53 Å². The van der Waals surface area contributed by atoms with E-state index in [0.29, 0.717) is 6.54 Å². The average Bonchev–Trinajstić information content (AvgIpc) is 3.23. The minimum Gasteiger partial charge on any atom is -0.489 e. The molecular weight excluding hydrogens is 320 g/mol. The van der Waals surface area contributed by atoms with Gasteiger partial charge in [-0.05, 0) is 12.5 Å². The summed E-state index contributed by atoms with van der Waals surface area (Å²) >= 11 is 0. The van der Waals surface area contributed by atoms with Crippen LogP contribution >= 0.6 is 0 Å². The number of nitrogens with one attached hydrogen (secondary N) is 2. The first kappa shape index (κ1) is 17.3. The fourth-order valence-electron chi connectivity index (χ4n) is 2.85. The molecule has 0 aromatic carbocycles. The summed E-state index contributed by atoms with van der Waals surface area (Å²) in [5.41, 5.74) is 0.788. The van der Waals surface area contributed by atoms with Crippen LogP contribution in [0, 0.1) is 0 Å². The Labute approximate surface area is 147 Å². The van der Waals surface area contributed by atoms with Crippen molar-refractivity contribution >= 4 is 5.91 Å². The Morgan fingerprint density at radius 3 is 3.16 bits per heavy atom. The largest absolute Gasteiger partial charge is 0.489 e. The fraction of sp³-hybridized carbons (Fsp3) is 0.529. The van der Waals surface area contributed by atoms with Crippen LogP contribution in [0.3, 0.4) is 0 Å². The summed E-state index contributed by atoms with van der Waals surface area (Å²) in [5, 5.41) is 9.91. The van der Waals surface area contributed by atoms with Crippen molar-refractivity contribution in [1.29, 1.82) is 0 Å². The normalized spacial score (nSPS) is 17.6. The molecule has 0 aliphatic carbocycles. The molecule has 3 rings (SSSR count). The van der Waals surface area contributed by atoms with Gasteiger partial charge in [0.05, 0.1) is 18.8 Å². The van der Waals surface area contributed by atoms with Crippen molar-refractivity contribution in [1.82, 2.24) is 30.4 Å². The van der Waals surface area contributed by atoms with Crippen LogP contribution in [0.5, 0.6) is 5.75 Å². The second-order valence-electron chi connectivity index (χ2n) is 6.21. The van der Waals surface area contributed by atoms with E-state index in [4.69, 9.17) is 4.74 Å². The highest BCUT2D eigenvalue weighted by atomic mass is 16.5. The number of H-pyrrole nitrogens is 1. The van der Waals surface area contributed by atoms with Crippen molar-refractivity contribution in [3.05, 3.63) is 35.7 Å². The minimum absolute atomic E-state index is 0.0711. The number of aromatic nitrogens is 4. The van der Waals surface area contributed by atoms with E-state index in [0.717, 1.165) is 55.6 Å². The number of nitrogens with zero attached hydrogens (tertiary/aromatic N) is 4. The third kappa shape index (κ3) is 4.99. The predicted molar refractivity (Wildman–Crippen MR) is 91.8 cm³/mol. The lowest BCUT2D eigenvalue weighted by atomic mass is 10.3. The van der Waals surface area contributed by atoms with Gasteiger partial charge in [0.2, 0.25) is 5.91 Å². The molecule has 1 aliphatic heterocycles. The number of rotatable bonds is 7. The third-order valence-electron chi connectivity index (χ3n) is 4.11. The molecule has 0 saturated carbocycles. The smallest absolute Gasteiger partial charge is 0.217 e. The molecule has 134 valence electrons. The van der Waals surface area contributed by atoms with Gasteiger partial charge in [0.25, 0.3) is 0 Å². The van der Waals surface area contributed by atoms with Crippen LogP contribution in [-0.2, 0) is 24.3 Å². The van der Waals surface area contributed by atoms with Gasteiger partial charge in [-0.1, -0.05) is 6.92 Å². The minimum atomic E-state index is -0.0711. The van der Waals surface area contributed by atoms with Gasteiger partial charge in [-0.25, -0.2) is 4.98 Å². The van der Waals surface area contributed by atoms with Gasteiger partial charge in [0, 0.05) is 38.7 Å². The Morgan fingerprint density at radius 1 is 1.52 bits per heavy atom. The summed E-state index contributed by atoms with van der Waals surface area (Å²) < 4.78 is 6.08. The molecule has 1 atom stereocenters. The Kier molecular flexibility index (Phi) is 5.60. The molecule has 25 heavy (non-hydrogen) atoms. The van der Waals surface area contributed by atoms with Crippen molar-refractivity contribution in [2.75, 3.05) is 13.1 Å². The molecule has 1 aliphatic rings. The number of aryl methyl sites for hydroxylation is 1. The SMILES string of the molecule is CCc1n[nH]c(CN2CCC(Oc3ccnc(CNC(C)=O)c3)C2)n1. The van der Waals surface area contributed by atoms with Crippen molar-refractivity contribution in [3.8, 4) is 5.75 Å². The summed E-state index contributed by atoms with van der Waals surface area (Å²) in [6, 6.07) is 3.73. The number of pyridine rings is 1. The molecule has 2 N–H and O–H groups in total.